The maximum absolute atomic E-state index is 13.6. The van der Waals surface area contributed by atoms with Gasteiger partial charge in [0.15, 0.2) is 11.5 Å². The van der Waals surface area contributed by atoms with Crippen LogP contribution in [0.3, 0.4) is 0 Å². The molecular formula is C28H24ClN3O4. The number of benzene rings is 3. The third kappa shape index (κ3) is 4.18. The van der Waals surface area contributed by atoms with E-state index in [-0.39, 0.29) is 11.7 Å². The summed E-state index contributed by atoms with van der Waals surface area (Å²) in [6.07, 6.45) is 1.66. The van der Waals surface area contributed by atoms with Gasteiger partial charge in [0.25, 0.3) is 5.91 Å². The first-order valence-corrected chi connectivity index (χ1v) is 11.7. The van der Waals surface area contributed by atoms with Crippen molar-refractivity contribution in [3.8, 4) is 28.5 Å². The summed E-state index contributed by atoms with van der Waals surface area (Å²) in [5.74, 6) is 1.00. The number of hydrogen-bond donors (Lipinski definition) is 2. The van der Waals surface area contributed by atoms with Crippen LogP contribution < -0.4 is 9.47 Å². The molecule has 0 bridgehead atoms. The number of aromatic amines is 1. The molecule has 182 valence electrons. The summed E-state index contributed by atoms with van der Waals surface area (Å²) in [4.78, 5) is 15.4. The molecule has 0 spiro atoms. The molecule has 0 fully saturated rings. The van der Waals surface area contributed by atoms with E-state index in [0.717, 1.165) is 11.1 Å². The fourth-order valence-electron chi connectivity index (χ4n) is 4.49. The van der Waals surface area contributed by atoms with Gasteiger partial charge >= 0.3 is 0 Å². The van der Waals surface area contributed by atoms with Gasteiger partial charge in [0.05, 0.1) is 13.2 Å². The van der Waals surface area contributed by atoms with Crippen LogP contribution in [0.2, 0.25) is 5.02 Å². The lowest BCUT2D eigenvalue weighted by Crippen LogP contribution is -2.29. The molecule has 1 atom stereocenters. The smallest absolute Gasteiger partial charge is 0.273 e. The predicted molar refractivity (Wildman–Crippen MR) is 138 cm³/mol. The highest BCUT2D eigenvalue weighted by Crippen LogP contribution is 2.46. The van der Waals surface area contributed by atoms with Gasteiger partial charge in [-0.2, -0.15) is 5.10 Å². The Morgan fingerprint density at radius 3 is 2.64 bits per heavy atom. The number of rotatable bonds is 8. The Labute approximate surface area is 213 Å². The lowest BCUT2D eigenvalue weighted by Gasteiger charge is -2.27. The van der Waals surface area contributed by atoms with Crippen molar-refractivity contribution in [3.63, 3.8) is 0 Å². The molecule has 0 aliphatic carbocycles. The molecule has 4 aromatic rings. The SMILES string of the molecule is C=CCOc1ccc(C2c3c(-c4ccccc4O)n[nH]c3C(=O)N2Cc2ccc(Cl)cc2)cc1OC. The van der Waals surface area contributed by atoms with Crippen LogP contribution in [-0.4, -0.2) is 39.8 Å². The summed E-state index contributed by atoms with van der Waals surface area (Å²) >= 11 is 6.08. The van der Waals surface area contributed by atoms with Crippen LogP contribution in [0, 0.1) is 0 Å². The molecule has 7 nitrogen and oxygen atoms in total. The van der Waals surface area contributed by atoms with Crippen molar-refractivity contribution in [2.75, 3.05) is 13.7 Å². The molecule has 1 unspecified atom stereocenters. The second-order valence-electron chi connectivity index (χ2n) is 8.35. The van der Waals surface area contributed by atoms with E-state index in [1.165, 1.54) is 0 Å². The summed E-state index contributed by atoms with van der Waals surface area (Å²) < 4.78 is 11.3. The molecule has 3 aromatic carbocycles. The minimum absolute atomic E-state index is 0.0832. The molecule has 0 saturated carbocycles. The van der Waals surface area contributed by atoms with Gasteiger partial charge < -0.3 is 19.5 Å². The molecule has 2 N–H and O–H groups in total. The van der Waals surface area contributed by atoms with Gasteiger partial charge in [-0.15, -0.1) is 0 Å². The number of nitrogens with one attached hydrogen (secondary N) is 1. The fraction of sp³-hybridized carbons (Fsp3) is 0.143. The number of aromatic nitrogens is 2. The van der Waals surface area contributed by atoms with Gasteiger partial charge in [-0.3, -0.25) is 9.89 Å². The van der Waals surface area contributed by atoms with Crippen LogP contribution in [0.1, 0.15) is 33.2 Å². The van der Waals surface area contributed by atoms with Gasteiger partial charge in [0.2, 0.25) is 0 Å². The Balaban J connectivity index is 1.65. The number of halogens is 1. The van der Waals surface area contributed by atoms with Gasteiger partial charge in [-0.05, 0) is 47.5 Å². The number of methoxy groups -OCH3 is 1. The van der Waals surface area contributed by atoms with E-state index in [1.807, 2.05) is 36.4 Å². The number of hydrogen-bond acceptors (Lipinski definition) is 5. The van der Waals surface area contributed by atoms with E-state index >= 15 is 0 Å². The normalized spacial score (nSPS) is 14.6. The van der Waals surface area contributed by atoms with Crippen molar-refractivity contribution < 1.29 is 19.4 Å². The first kappa shape index (κ1) is 23.5. The van der Waals surface area contributed by atoms with E-state index in [1.54, 1.807) is 48.4 Å². The molecule has 8 heteroatoms. The molecule has 5 rings (SSSR count). The Morgan fingerprint density at radius 1 is 1.14 bits per heavy atom. The number of carbonyl (C=O) groups is 1. The zero-order valence-corrected chi connectivity index (χ0v) is 20.3. The molecule has 1 aromatic heterocycles. The van der Waals surface area contributed by atoms with Crippen LogP contribution in [0.4, 0.5) is 0 Å². The number of fused-ring (bicyclic) bond motifs is 1. The number of aromatic hydroxyl groups is 1. The third-order valence-corrected chi connectivity index (χ3v) is 6.40. The first-order chi connectivity index (χ1) is 17.5. The average molecular weight is 502 g/mol. The van der Waals surface area contributed by atoms with E-state index in [4.69, 9.17) is 21.1 Å². The van der Waals surface area contributed by atoms with Crippen molar-refractivity contribution in [2.24, 2.45) is 0 Å². The summed E-state index contributed by atoms with van der Waals surface area (Å²) in [6, 6.07) is 19.4. The largest absolute Gasteiger partial charge is 0.507 e. The minimum Gasteiger partial charge on any atom is -0.507 e. The Hall–Kier alpha value is -4.23. The Bertz CT molecular complexity index is 1430. The summed E-state index contributed by atoms with van der Waals surface area (Å²) in [5.41, 5.74) is 3.88. The number of carbonyl (C=O) groups excluding carboxylic acids is 1. The Kier molecular flexibility index (Phi) is 6.40. The van der Waals surface area contributed by atoms with Crippen molar-refractivity contribution in [1.82, 2.24) is 15.1 Å². The van der Waals surface area contributed by atoms with E-state index in [2.05, 4.69) is 16.8 Å². The summed E-state index contributed by atoms with van der Waals surface area (Å²) in [5, 5.41) is 18.5. The number of H-pyrrole nitrogens is 1. The average Bonchev–Trinajstić information content (AvgIpc) is 3.43. The van der Waals surface area contributed by atoms with Crippen LogP contribution in [0.15, 0.2) is 79.4 Å². The van der Waals surface area contributed by atoms with Crippen molar-refractivity contribution in [3.05, 3.63) is 107 Å². The van der Waals surface area contributed by atoms with Gasteiger partial charge in [-0.1, -0.05) is 54.6 Å². The number of amides is 1. The molecule has 36 heavy (non-hydrogen) atoms. The van der Waals surface area contributed by atoms with Crippen molar-refractivity contribution >= 4 is 17.5 Å². The van der Waals surface area contributed by atoms with Crippen LogP contribution in [-0.2, 0) is 6.54 Å². The standard InChI is InChI=1S/C28H24ClN3O4/c1-3-14-36-22-13-10-18(15-23(22)35-2)27-24-25(20-6-4-5-7-21(20)33)30-31-26(24)28(34)32(27)16-17-8-11-19(29)12-9-17/h3-13,15,27,33H,1,14,16H2,2H3,(H,30,31). The van der Waals surface area contributed by atoms with E-state index < -0.39 is 6.04 Å². The molecule has 1 aliphatic rings. The maximum Gasteiger partial charge on any atom is 0.273 e. The third-order valence-electron chi connectivity index (χ3n) is 6.15. The van der Waals surface area contributed by atoms with Crippen LogP contribution in [0.25, 0.3) is 11.3 Å². The lowest BCUT2D eigenvalue weighted by molar-refractivity contribution is 0.0730. The number of para-hydroxylation sites is 1. The number of ether oxygens (including phenoxy) is 2. The minimum atomic E-state index is -0.487. The van der Waals surface area contributed by atoms with Gasteiger partial charge in [0.1, 0.15) is 23.7 Å². The molecule has 2 heterocycles. The molecule has 1 amide bonds. The predicted octanol–water partition coefficient (Wildman–Crippen LogP) is 5.75. The number of phenols is 1. The second-order valence-corrected chi connectivity index (χ2v) is 8.79. The molecule has 1 aliphatic heterocycles. The number of phenolic OH excluding ortho intramolecular Hbond substituents is 1. The topological polar surface area (TPSA) is 87.7 Å². The summed E-state index contributed by atoms with van der Waals surface area (Å²) in [6.45, 7) is 4.38. The van der Waals surface area contributed by atoms with E-state index in [9.17, 15) is 9.90 Å². The maximum atomic E-state index is 13.6. The molecule has 0 saturated heterocycles. The second kappa shape index (κ2) is 9.79. The monoisotopic (exact) mass is 501 g/mol. The number of nitrogens with zero attached hydrogens (tertiary/aromatic N) is 2. The van der Waals surface area contributed by atoms with Crippen LogP contribution in [0.5, 0.6) is 17.2 Å². The van der Waals surface area contributed by atoms with Crippen LogP contribution >= 0.6 is 11.6 Å². The zero-order valence-electron chi connectivity index (χ0n) is 19.6. The van der Waals surface area contributed by atoms with E-state index in [0.29, 0.717) is 52.2 Å². The van der Waals surface area contributed by atoms with Gasteiger partial charge in [-0.25, -0.2) is 0 Å². The highest BCUT2D eigenvalue weighted by Gasteiger charge is 2.42. The highest BCUT2D eigenvalue weighted by atomic mass is 35.5. The fourth-order valence-corrected chi connectivity index (χ4v) is 4.62. The zero-order chi connectivity index (χ0) is 25.2. The van der Waals surface area contributed by atoms with Crippen molar-refractivity contribution in [2.45, 2.75) is 12.6 Å². The van der Waals surface area contributed by atoms with Crippen molar-refractivity contribution in [1.29, 1.82) is 0 Å². The highest BCUT2D eigenvalue weighted by molar-refractivity contribution is 6.30. The first-order valence-electron chi connectivity index (χ1n) is 11.4. The Morgan fingerprint density at radius 2 is 1.92 bits per heavy atom. The molecule has 0 radical (unpaired) electrons. The molecular weight excluding hydrogens is 478 g/mol. The lowest BCUT2D eigenvalue weighted by atomic mass is 9.95. The summed E-state index contributed by atoms with van der Waals surface area (Å²) in [7, 11) is 1.57. The quantitative estimate of drug-likeness (QED) is 0.300. The van der Waals surface area contributed by atoms with Gasteiger partial charge in [0, 0.05) is 22.7 Å².